The standard InChI is InChI=1S/C58H63N5O12S/c1-33-21-45-42(29-53(76(70,71)73-6)49-26-41-15-9-11-17-48(41)63(49)58(45)69)28-50(33)74-31-37-22-38(24-43(23-37)61-56(67)36(4)60-55(66)35(3)59-54(65)18-12-7-13-34(2)64)32-75-52-27-39-19-20-44-25-40-14-8-10-16-47(40)62(44)57(68)46(39)30-51(52)72-5/h8-11,14-17,21-24,27-28,30,35-36,44,49,53H,7,12-13,18-20,25-26,29,31-32H2,1-6H3,(H,59,65)(H,60,66)(H,61,67)/t35-,36-,44+,49-,53?/m0/s1. The Morgan fingerprint density at radius 1 is 0.671 bits per heavy atom. The van der Waals surface area contributed by atoms with Gasteiger partial charge in [0.1, 0.15) is 42.1 Å². The second kappa shape index (κ2) is 22.3. The van der Waals surface area contributed by atoms with Crippen LogP contribution in [0, 0.1) is 6.92 Å². The predicted molar refractivity (Wildman–Crippen MR) is 285 cm³/mol. The van der Waals surface area contributed by atoms with Gasteiger partial charge in [-0.3, -0.25) is 28.2 Å². The molecule has 18 heteroatoms. The molecule has 4 aliphatic heterocycles. The molecule has 0 aromatic heterocycles. The van der Waals surface area contributed by atoms with Crippen molar-refractivity contribution >= 4 is 62.5 Å². The van der Waals surface area contributed by atoms with Crippen LogP contribution in [0.1, 0.15) is 113 Å². The summed E-state index contributed by atoms with van der Waals surface area (Å²) in [5.41, 5.74) is 8.09. The molecule has 398 valence electrons. The average Bonchev–Trinajstić information content (AvgIpc) is 3.91. The van der Waals surface area contributed by atoms with Gasteiger partial charge in [0.25, 0.3) is 21.9 Å². The van der Waals surface area contributed by atoms with E-state index in [1.807, 2.05) is 66.4 Å². The first-order valence-electron chi connectivity index (χ1n) is 25.7. The van der Waals surface area contributed by atoms with E-state index in [0.29, 0.717) is 94.1 Å². The van der Waals surface area contributed by atoms with Crippen molar-refractivity contribution in [2.45, 2.75) is 128 Å². The number of amides is 5. The zero-order valence-corrected chi connectivity index (χ0v) is 44.3. The summed E-state index contributed by atoms with van der Waals surface area (Å²) in [5, 5.41) is 7.16. The molecule has 4 aliphatic rings. The van der Waals surface area contributed by atoms with Crippen LogP contribution < -0.4 is 40.0 Å². The number of carbonyl (C=O) groups excluding carboxylic acids is 6. The fraction of sp³-hybridized carbons (Fsp3) is 0.379. The molecule has 17 nitrogen and oxygen atoms in total. The number of carbonyl (C=O) groups is 6. The molecule has 0 fully saturated rings. The van der Waals surface area contributed by atoms with Crippen molar-refractivity contribution in [3.05, 3.63) is 141 Å². The Kier molecular flexibility index (Phi) is 15.7. The summed E-state index contributed by atoms with van der Waals surface area (Å²) in [6.45, 7) is 6.32. The van der Waals surface area contributed by atoms with Crippen LogP contribution in [0.15, 0.2) is 91.0 Å². The molecule has 4 heterocycles. The smallest absolute Gasteiger partial charge is 0.272 e. The third-order valence-corrected chi connectivity index (χ3v) is 16.5. The third kappa shape index (κ3) is 11.2. The van der Waals surface area contributed by atoms with Gasteiger partial charge in [-0.25, -0.2) is 0 Å². The molecule has 5 aromatic carbocycles. The molecule has 1 unspecified atom stereocenters. The minimum Gasteiger partial charge on any atom is -0.493 e. The molecule has 5 atom stereocenters. The number of ketones is 1. The van der Waals surface area contributed by atoms with Crippen LogP contribution in [0.4, 0.5) is 17.1 Å². The molecule has 0 saturated carbocycles. The molecule has 0 spiro atoms. The van der Waals surface area contributed by atoms with Gasteiger partial charge in [-0.2, -0.15) is 8.42 Å². The molecular formula is C58H63N5O12S. The van der Waals surface area contributed by atoms with Crippen molar-refractivity contribution in [3.63, 3.8) is 0 Å². The lowest BCUT2D eigenvalue weighted by molar-refractivity contribution is -0.130. The fourth-order valence-corrected chi connectivity index (χ4v) is 12.1. The average molecular weight is 1050 g/mol. The Labute approximate surface area is 442 Å². The van der Waals surface area contributed by atoms with E-state index >= 15 is 0 Å². The van der Waals surface area contributed by atoms with E-state index in [2.05, 4.69) is 22.0 Å². The number of para-hydroxylation sites is 2. The SMILES string of the molecule is COc1cc2c(cc1OCc1cc(COc3cc4c(cc3C)C(=O)N3c5ccccc5C[C@H]3C(S(=O)(=O)OC)C4)cc(NC(=O)[C@H](C)NC(=O)[C@H](C)NC(=O)CCCCC(C)=O)c1)CC[C@@H]1Cc3ccccc3N1C2=O. The van der Waals surface area contributed by atoms with Crippen LogP contribution in [0.5, 0.6) is 17.2 Å². The maximum absolute atomic E-state index is 14.4. The van der Waals surface area contributed by atoms with Crippen LogP contribution in [-0.2, 0) is 72.4 Å². The van der Waals surface area contributed by atoms with Crippen LogP contribution in [0.25, 0.3) is 0 Å². The first-order valence-corrected chi connectivity index (χ1v) is 27.1. The third-order valence-electron chi connectivity index (χ3n) is 14.8. The normalized spacial score (nSPS) is 18.1. The summed E-state index contributed by atoms with van der Waals surface area (Å²) < 4.78 is 51.1. The minimum atomic E-state index is -4.12. The Hall–Kier alpha value is -7.57. The molecule has 3 N–H and O–H groups in total. The Morgan fingerprint density at radius 3 is 1.96 bits per heavy atom. The molecule has 0 aliphatic carbocycles. The number of Topliss-reactive ketones (excluding diaryl/α,β-unsaturated/α-hetero) is 1. The second-order valence-corrected chi connectivity index (χ2v) is 22.1. The maximum atomic E-state index is 14.4. The number of aryl methyl sites for hydroxylation is 2. The van der Waals surface area contributed by atoms with Crippen LogP contribution in [-0.4, -0.2) is 87.4 Å². The Morgan fingerprint density at radius 2 is 1.28 bits per heavy atom. The molecule has 0 radical (unpaired) electrons. The fourth-order valence-electron chi connectivity index (χ4n) is 10.8. The Bertz CT molecular complexity index is 3250. The van der Waals surface area contributed by atoms with Crippen molar-refractivity contribution in [2.24, 2.45) is 0 Å². The monoisotopic (exact) mass is 1050 g/mol. The van der Waals surface area contributed by atoms with E-state index in [0.717, 1.165) is 42.3 Å². The zero-order chi connectivity index (χ0) is 54.0. The maximum Gasteiger partial charge on any atom is 0.272 e. The molecule has 5 amide bonds. The Balaban J connectivity index is 0.960. The van der Waals surface area contributed by atoms with E-state index < -0.39 is 45.3 Å². The van der Waals surface area contributed by atoms with Crippen LogP contribution in [0.2, 0.25) is 0 Å². The van der Waals surface area contributed by atoms with Gasteiger partial charge in [-0.05, 0) is 166 Å². The van der Waals surface area contributed by atoms with Gasteiger partial charge < -0.3 is 44.8 Å². The van der Waals surface area contributed by atoms with E-state index in [4.69, 9.17) is 18.4 Å². The minimum absolute atomic E-state index is 0.00124. The van der Waals surface area contributed by atoms with Gasteiger partial charge >= 0.3 is 0 Å². The van der Waals surface area contributed by atoms with Gasteiger partial charge in [0.05, 0.1) is 20.3 Å². The number of unbranched alkanes of at least 4 members (excludes halogenated alkanes) is 1. The lowest BCUT2D eigenvalue weighted by atomic mass is 9.97. The summed E-state index contributed by atoms with van der Waals surface area (Å²) in [6, 6.07) is 25.1. The number of fused-ring (bicyclic) bond motifs is 8. The van der Waals surface area contributed by atoms with Crippen molar-refractivity contribution in [1.82, 2.24) is 10.6 Å². The number of benzene rings is 5. The predicted octanol–water partition coefficient (Wildman–Crippen LogP) is 7.25. The lowest BCUT2D eigenvalue weighted by Gasteiger charge is -2.28. The van der Waals surface area contributed by atoms with Gasteiger partial charge in [0, 0.05) is 47.1 Å². The van der Waals surface area contributed by atoms with Crippen molar-refractivity contribution in [3.8, 4) is 17.2 Å². The molecule has 9 rings (SSSR count). The van der Waals surface area contributed by atoms with Crippen molar-refractivity contribution in [2.75, 3.05) is 29.3 Å². The zero-order valence-electron chi connectivity index (χ0n) is 43.5. The van der Waals surface area contributed by atoms with Gasteiger partial charge in [0.2, 0.25) is 17.7 Å². The highest BCUT2D eigenvalue weighted by Gasteiger charge is 2.48. The number of nitrogens with one attached hydrogen (secondary N) is 3. The highest BCUT2D eigenvalue weighted by molar-refractivity contribution is 7.87. The molecular weight excluding hydrogens is 991 g/mol. The number of anilines is 3. The van der Waals surface area contributed by atoms with E-state index in [9.17, 15) is 37.2 Å². The highest BCUT2D eigenvalue weighted by Crippen LogP contribution is 2.43. The van der Waals surface area contributed by atoms with Crippen LogP contribution in [0.3, 0.4) is 0 Å². The number of hydrogen-bond acceptors (Lipinski definition) is 12. The summed E-state index contributed by atoms with van der Waals surface area (Å²) in [7, 11) is -1.47. The summed E-state index contributed by atoms with van der Waals surface area (Å²) in [4.78, 5) is 82.8. The van der Waals surface area contributed by atoms with E-state index in [-0.39, 0.29) is 55.6 Å². The number of hydrogen-bond donors (Lipinski definition) is 3. The van der Waals surface area contributed by atoms with Crippen molar-refractivity contribution in [1.29, 1.82) is 0 Å². The quantitative estimate of drug-likeness (QED) is 0.0551. The largest absolute Gasteiger partial charge is 0.493 e. The summed E-state index contributed by atoms with van der Waals surface area (Å²) in [6.07, 6.45) is 4.14. The molecule has 5 aromatic rings. The topological polar surface area (TPSA) is 216 Å². The highest BCUT2D eigenvalue weighted by atomic mass is 32.2. The van der Waals surface area contributed by atoms with Gasteiger partial charge in [-0.15, -0.1) is 0 Å². The molecule has 76 heavy (non-hydrogen) atoms. The number of rotatable bonds is 19. The number of nitrogens with zero attached hydrogens (tertiary/aromatic N) is 2. The van der Waals surface area contributed by atoms with Gasteiger partial charge in [-0.1, -0.05) is 36.4 Å². The summed E-state index contributed by atoms with van der Waals surface area (Å²) >= 11 is 0. The molecule has 0 bridgehead atoms. The first-order chi connectivity index (χ1) is 36.4. The first kappa shape index (κ1) is 53.3. The number of ether oxygens (including phenoxy) is 3. The van der Waals surface area contributed by atoms with Crippen LogP contribution >= 0.6 is 0 Å². The van der Waals surface area contributed by atoms with E-state index in [1.165, 1.54) is 27.9 Å². The number of methoxy groups -OCH3 is 1. The summed E-state index contributed by atoms with van der Waals surface area (Å²) in [5.74, 6) is -0.607. The van der Waals surface area contributed by atoms with Crippen molar-refractivity contribution < 1.29 is 55.6 Å². The lowest BCUT2D eigenvalue weighted by Crippen LogP contribution is -2.50. The molecule has 0 saturated heterocycles. The van der Waals surface area contributed by atoms with Gasteiger partial charge in [0.15, 0.2) is 11.5 Å². The van der Waals surface area contributed by atoms with E-state index in [1.54, 1.807) is 35.2 Å². The second-order valence-electron chi connectivity index (χ2n) is 20.1.